The molecule has 0 atom stereocenters. The van der Waals surface area contributed by atoms with Crippen LogP contribution in [0.15, 0.2) is 77.7 Å². The first-order valence-electron chi connectivity index (χ1n) is 9.57. The summed E-state index contributed by atoms with van der Waals surface area (Å²) >= 11 is 11.9. The van der Waals surface area contributed by atoms with Gasteiger partial charge < -0.3 is 4.74 Å². The van der Waals surface area contributed by atoms with Gasteiger partial charge in [0, 0.05) is 11.4 Å². The average Bonchev–Trinajstić information content (AvgIpc) is 2.73. The molecule has 0 saturated heterocycles. The van der Waals surface area contributed by atoms with Crippen molar-refractivity contribution < 1.29 is 17.9 Å². The van der Waals surface area contributed by atoms with Crippen LogP contribution in [0, 0.1) is 6.92 Å². The van der Waals surface area contributed by atoms with E-state index >= 15 is 0 Å². The summed E-state index contributed by atoms with van der Waals surface area (Å²) in [5, 5.41) is 0.860. The lowest BCUT2D eigenvalue weighted by atomic mass is 10.2. The number of hydrogen-bond donors (Lipinski definition) is 0. The van der Waals surface area contributed by atoms with Crippen LogP contribution in [0.3, 0.4) is 0 Å². The third kappa shape index (κ3) is 5.79. The van der Waals surface area contributed by atoms with Gasteiger partial charge in [-0.25, -0.2) is 12.7 Å². The predicted octanol–water partition coefficient (Wildman–Crippen LogP) is 5.88. The fourth-order valence-corrected chi connectivity index (χ4v) is 4.81. The lowest BCUT2D eigenvalue weighted by molar-refractivity contribution is -0.117. The minimum Gasteiger partial charge on any atom is -0.492 e. The van der Waals surface area contributed by atoms with Crippen LogP contribution in [0.1, 0.15) is 18.4 Å². The molecule has 0 aromatic heterocycles. The highest BCUT2D eigenvalue weighted by Gasteiger charge is 2.30. The molecule has 3 aromatic carbocycles. The Morgan fingerprint density at radius 2 is 1.65 bits per heavy atom. The summed E-state index contributed by atoms with van der Waals surface area (Å²) in [5.41, 5.74) is 1.21. The van der Waals surface area contributed by atoms with E-state index in [1.54, 1.807) is 60.7 Å². The van der Waals surface area contributed by atoms with Gasteiger partial charge in [0.1, 0.15) is 5.75 Å². The van der Waals surface area contributed by atoms with Gasteiger partial charge in [-0.1, -0.05) is 59.1 Å². The van der Waals surface area contributed by atoms with Crippen molar-refractivity contribution in [1.82, 2.24) is 0 Å². The molecule has 0 bridgehead atoms. The van der Waals surface area contributed by atoms with Crippen LogP contribution in [0.4, 0.5) is 5.69 Å². The van der Waals surface area contributed by atoms with Gasteiger partial charge >= 0.3 is 0 Å². The monoisotopic (exact) mass is 477 g/mol. The molecule has 8 heteroatoms. The number of nitrogens with zero attached hydrogens (tertiary/aromatic N) is 1. The van der Waals surface area contributed by atoms with Crippen LogP contribution in [0.2, 0.25) is 10.0 Å². The summed E-state index contributed by atoms with van der Waals surface area (Å²) in [5.74, 6) is -0.0942. The SMILES string of the molecule is Cc1ccc(S(=O)(=O)N(C(=O)CCCOc2ccc(Cl)cc2Cl)c2ccccc2)cc1. The molecule has 162 valence electrons. The molecule has 0 saturated carbocycles. The van der Waals surface area contributed by atoms with Crippen LogP contribution in [0.5, 0.6) is 5.75 Å². The minimum atomic E-state index is -4.06. The number of amides is 1. The molecule has 0 unspecified atom stereocenters. The topological polar surface area (TPSA) is 63.7 Å². The molecule has 0 N–H and O–H groups in total. The Labute approximate surface area is 192 Å². The number of aryl methyl sites for hydroxylation is 1. The number of halogens is 2. The Balaban J connectivity index is 1.75. The number of ether oxygens (including phenoxy) is 1. The van der Waals surface area contributed by atoms with Crippen molar-refractivity contribution in [2.45, 2.75) is 24.7 Å². The molecular weight excluding hydrogens is 457 g/mol. The van der Waals surface area contributed by atoms with Crippen LogP contribution < -0.4 is 9.04 Å². The summed E-state index contributed by atoms with van der Waals surface area (Å²) in [7, 11) is -4.06. The molecule has 31 heavy (non-hydrogen) atoms. The van der Waals surface area contributed by atoms with E-state index < -0.39 is 15.9 Å². The van der Waals surface area contributed by atoms with Crippen molar-refractivity contribution in [2.75, 3.05) is 10.9 Å². The second-order valence-electron chi connectivity index (χ2n) is 6.84. The third-order valence-corrected chi connectivity index (χ3v) is 6.76. The molecular formula is C23H21Cl2NO4S. The van der Waals surface area contributed by atoms with E-state index in [0.29, 0.717) is 22.2 Å². The minimum absolute atomic E-state index is 0.0226. The quantitative estimate of drug-likeness (QED) is 0.379. The van der Waals surface area contributed by atoms with Crippen LogP contribution in [-0.2, 0) is 14.8 Å². The Morgan fingerprint density at radius 1 is 0.968 bits per heavy atom. The van der Waals surface area contributed by atoms with Gasteiger partial charge in [-0.2, -0.15) is 0 Å². The molecule has 0 spiro atoms. The number of para-hydroxylation sites is 1. The van der Waals surface area contributed by atoms with Crippen molar-refractivity contribution >= 4 is 44.8 Å². The molecule has 1 amide bonds. The van der Waals surface area contributed by atoms with E-state index in [4.69, 9.17) is 27.9 Å². The Kier molecular flexibility index (Phi) is 7.59. The average molecular weight is 478 g/mol. The van der Waals surface area contributed by atoms with Gasteiger partial charge in [0.05, 0.1) is 22.2 Å². The second-order valence-corrected chi connectivity index (χ2v) is 9.47. The van der Waals surface area contributed by atoms with Crippen LogP contribution >= 0.6 is 23.2 Å². The molecule has 0 aliphatic rings. The highest BCUT2D eigenvalue weighted by molar-refractivity contribution is 7.93. The maximum atomic E-state index is 13.3. The molecule has 0 heterocycles. The van der Waals surface area contributed by atoms with Gasteiger partial charge in [0.2, 0.25) is 5.91 Å². The number of sulfonamides is 1. The van der Waals surface area contributed by atoms with E-state index in [9.17, 15) is 13.2 Å². The normalized spacial score (nSPS) is 11.2. The van der Waals surface area contributed by atoms with E-state index in [1.807, 2.05) is 6.92 Å². The van der Waals surface area contributed by atoms with Gasteiger partial charge in [-0.05, 0) is 55.8 Å². The fraction of sp³-hybridized carbons (Fsp3) is 0.174. The van der Waals surface area contributed by atoms with Crippen molar-refractivity contribution in [2.24, 2.45) is 0 Å². The Bertz CT molecular complexity index is 1150. The largest absolute Gasteiger partial charge is 0.492 e. The van der Waals surface area contributed by atoms with Crippen molar-refractivity contribution in [3.05, 3.63) is 88.4 Å². The Hall–Kier alpha value is -2.54. The number of anilines is 1. The lowest BCUT2D eigenvalue weighted by Gasteiger charge is -2.23. The first-order chi connectivity index (χ1) is 14.8. The Morgan fingerprint density at radius 3 is 2.29 bits per heavy atom. The summed E-state index contributed by atoms with van der Waals surface area (Å²) in [6.07, 6.45) is 0.287. The zero-order valence-electron chi connectivity index (χ0n) is 16.8. The van der Waals surface area contributed by atoms with Crippen LogP contribution in [-0.4, -0.2) is 20.9 Å². The summed E-state index contributed by atoms with van der Waals surface area (Å²) in [6.45, 7) is 2.06. The van der Waals surface area contributed by atoms with Crippen molar-refractivity contribution in [3.8, 4) is 5.75 Å². The lowest BCUT2D eigenvalue weighted by Crippen LogP contribution is -2.37. The van der Waals surface area contributed by atoms with Crippen molar-refractivity contribution in [3.63, 3.8) is 0 Å². The van der Waals surface area contributed by atoms with E-state index in [0.717, 1.165) is 9.87 Å². The zero-order valence-corrected chi connectivity index (χ0v) is 19.1. The number of carbonyl (C=O) groups is 1. The van der Waals surface area contributed by atoms with Gasteiger partial charge in [-0.15, -0.1) is 0 Å². The standard InChI is InChI=1S/C23H21Cl2NO4S/c1-17-9-12-20(13-10-17)31(28,29)26(19-6-3-2-4-7-19)23(27)8-5-15-30-22-14-11-18(24)16-21(22)25/h2-4,6-7,9-14,16H,5,8,15H2,1H3. The molecule has 0 fully saturated rings. The highest BCUT2D eigenvalue weighted by Crippen LogP contribution is 2.28. The number of benzene rings is 3. The first-order valence-corrected chi connectivity index (χ1v) is 11.8. The smallest absolute Gasteiger partial charge is 0.270 e. The zero-order chi connectivity index (χ0) is 22.4. The van der Waals surface area contributed by atoms with Gasteiger partial charge in [0.15, 0.2) is 0 Å². The molecule has 0 radical (unpaired) electrons. The van der Waals surface area contributed by atoms with E-state index in [1.165, 1.54) is 12.1 Å². The number of hydrogen-bond acceptors (Lipinski definition) is 4. The number of carbonyl (C=O) groups excluding carboxylic acids is 1. The summed E-state index contributed by atoms with van der Waals surface area (Å²) in [6, 6.07) is 19.6. The number of rotatable bonds is 8. The maximum absolute atomic E-state index is 13.3. The van der Waals surface area contributed by atoms with E-state index in [-0.39, 0.29) is 23.6 Å². The first kappa shape index (κ1) is 23.1. The van der Waals surface area contributed by atoms with E-state index in [2.05, 4.69) is 0 Å². The maximum Gasteiger partial charge on any atom is 0.270 e. The molecule has 5 nitrogen and oxygen atoms in total. The fourth-order valence-electron chi connectivity index (χ4n) is 2.90. The highest BCUT2D eigenvalue weighted by atomic mass is 35.5. The molecule has 0 aliphatic heterocycles. The third-order valence-electron chi connectivity index (χ3n) is 4.46. The summed E-state index contributed by atoms with van der Waals surface area (Å²) < 4.78 is 33.0. The van der Waals surface area contributed by atoms with Crippen molar-refractivity contribution in [1.29, 1.82) is 0 Å². The molecule has 3 aromatic rings. The van der Waals surface area contributed by atoms with Crippen LogP contribution in [0.25, 0.3) is 0 Å². The molecule has 0 aliphatic carbocycles. The van der Waals surface area contributed by atoms with Gasteiger partial charge in [0.25, 0.3) is 10.0 Å². The predicted molar refractivity (Wildman–Crippen MR) is 123 cm³/mol. The van der Waals surface area contributed by atoms with Gasteiger partial charge in [-0.3, -0.25) is 4.79 Å². The molecule has 3 rings (SSSR count). The summed E-state index contributed by atoms with van der Waals surface area (Å²) in [4.78, 5) is 13.1. The second kappa shape index (κ2) is 10.2.